The molecular weight excluding hydrogens is 292 g/mol. The molecule has 1 aromatic heterocycles. The Morgan fingerprint density at radius 3 is 3.19 bits per heavy atom. The van der Waals surface area contributed by atoms with Crippen molar-refractivity contribution in [2.75, 3.05) is 24.3 Å². The summed E-state index contributed by atoms with van der Waals surface area (Å²) >= 11 is 5.90. The summed E-state index contributed by atoms with van der Waals surface area (Å²) in [5, 5.41) is 10.9. The molecule has 7 heteroatoms. The number of aromatic nitrogens is 2. The Morgan fingerprint density at radius 2 is 2.38 bits per heavy atom. The number of anilines is 2. The van der Waals surface area contributed by atoms with E-state index in [0.717, 1.165) is 25.3 Å². The summed E-state index contributed by atoms with van der Waals surface area (Å²) in [5.41, 5.74) is 1.09. The van der Waals surface area contributed by atoms with Crippen LogP contribution in [0.3, 0.4) is 0 Å². The predicted molar refractivity (Wildman–Crippen MR) is 81.3 cm³/mol. The Hall–Kier alpha value is -2.21. The van der Waals surface area contributed by atoms with E-state index in [0.29, 0.717) is 22.0 Å². The molecule has 1 amide bonds. The van der Waals surface area contributed by atoms with Gasteiger partial charge >= 0.3 is 0 Å². The number of hydrogen-bond acceptors (Lipinski definition) is 4. The first kappa shape index (κ1) is 13.8. The van der Waals surface area contributed by atoms with E-state index < -0.39 is 0 Å². The van der Waals surface area contributed by atoms with Crippen LogP contribution in [0.1, 0.15) is 16.8 Å². The molecule has 2 heterocycles. The van der Waals surface area contributed by atoms with Crippen molar-refractivity contribution in [2.45, 2.75) is 13.0 Å². The van der Waals surface area contributed by atoms with E-state index in [1.807, 2.05) is 4.68 Å². The Kier molecular flexibility index (Phi) is 3.70. The van der Waals surface area contributed by atoms with Crippen LogP contribution in [0.25, 0.3) is 0 Å². The largest absolute Gasteiger partial charge is 0.496 e. The number of rotatable bonds is 3. The number of aryl methyl sites for hydroxylation is 1. The maximum absolute atomic E-state index is 12.4. The van der Waals surface area contributed by atoms with Gasteiger partial charge in [0.2, 0.25) is 0 Å². The van der Waals surface area contributed by atoms with Gasteiger partial charge < -0.3 is 15.4 Å². The molecule has 2 aromatic rings. The van der Waals surface area contributed by atoms with Crippen molar-refractivity contribution in [1.82, 2.24) is 9.78 Å². The van der Waals surface area contributed by atoms with Crippen molar-refractivity contribution < 1.29 is 9.53 Å². The first-order chi connectivity index (χ1) is 10.2. The quantitative estimate of drug-likeness (QED) is 0.914. The molecule has 0 fully saturated rings. The lowest BCUT2D eigenvalue weighted by Gasteiger charge is -2.17. The van der Waals surface area contributed by atoms with Crippen LogP contribution in [0.2, 0.25) is 5.02 Å². The molecule has 1 aromatic carbocycles. The summed E-state index contributed by atoms with van der Waals surface area (Å²) < 4.78 is 7.04. The third kappa shape index (κ3) is 2.67. The number of nitrogens with zero attached hydrogens (tertiary/aromatic N) is 2. The van der Waals surface area contributed by atoms with Gasteiger partial charge in [-0.05, 0) is 24.6 Å². The number of hydrogen-bond donors (Lipinski definition) is 2. The lowest BCUT2D eigenvalue weighted by molar-refractivity contribution is 0.102. The van der Waals surface area contributed by atoms with Gasteiger partial charge in [-0.1, -0.05) is 11.6 Å². The maximum atomic E-state index is 12.4. The molecule has 0 unspecified atom stereocenters. The van der Waals surface area contributed by atoms with Crippen molar-refractivity contribution in [3.05, 3.63) is 35.0 Å². The van der Waals surface area contributed by atoms with Gasteiger partial charge in [0.05, 0.1) is 18.9 Å². The van der Waals surface area contributed by atoms with E-state index in [4.69, 9.17) is 16.3 Å². The number of amides is 1. The highest BCUT2D eigenvalue weighted by atomic mass is 35.5. The minimum atomic E-state index is -0.258. The van der Waals surface area contributed by atoms with Crippen LogP contribution in [0.5, 0.6) is 5.75 Å². The van der Waals surface area contributed by atoms with Gasteiger partial charge in [-0.3, -0.25) is 4.79 Å². The number of fused-ring (bicyclic) bond motifs is 1. The van der Waals surface area contributed by atoms with E-state index in [1.165, 1.54) is 7.11 Å². The molecule has 0 saturated carbocycles. The van der Waals surface area contributed by atoms with Gasteiger partial charge in [-0.15, -0.1) is 0 Å². The van der Waals surface area contributed by atoms with E-state index in [-0.39, 0.29) is 5.91 Å². The monoisotopic (exact) mass is 306 g/mol. The molecule has 0 bridgehead atoms. The fraction of sp³-hybridized carbons (Fsp3) is 0.286. The highest BCUT2D eigenvalue weighted by Crippen LogP contribution is 2.27. The molecular formula is C14H15ClN4O2. The summed E-state index contributed by atoms with van der Waals surface area (Å²) in [4.78, 5) is 12.4. The number of halogens is 1. The fourth-order valence-electron chi connectivity index (χ4n) is 2.31. The second kappa shape index (κ2) is 5.65. The predicted octanol–water partition coefficient (Wildman–Crippen LogP) is 2.61. The number of carbonyl (C=O) groups is 1. The highest BCUT2D eigenvalue weighted by molar-refractivity contribution is 6.31. The van der Waals surface area contributed by atoms with Gasteiger partial charge in [0.25, 0.3) is 5.91 Å². The van der Waals surface area contributed by atoms with Crippen LogP contribution in [-0.4, -0.2) is 29.3 Å². The molecule has 6 nitrogen and oxygen atoms in total. The average Bonchev–Trinajstić information content (AvgIpc) is 2.90. The average molecular weight is 307 g/mol. The summed E-state index contributed by atoms with van der Waals surface area (Å²) in [6, 6.07) is 4.91. The molecule has 2 N–H and O–H groups in total. The first-order valence-corrected chi connectivity index (χ1v) is 7.01. The summed E-state index contributed by atoms with van der Waals surface area (Å²) in [7, 11) is 1.51. The molecule has 0 atom stereocenters. The van der Waals surface area contributed by atoms with Crippen LogP contribution in [0.15, 0.2) is 24.4 Å². The second-order valence-electron chi connectivity index (χ2n) is 4.71. The standard InChI is InChI=1S/C14H15ClN4O2/c1-21-12-7-9(15)3-4-10(12)14(20)18-11-8-17-19-6-2-5-16-13(11)19/h3-4,7-8,16H,2,5-6H2,1H3,(H,18,20). The van der Waals surface area contributed by atoms with Gasteiger partial charge in [0.1, 0.15) is 17.3 Å². The van der Waals surface area contributed by atoms with E-state index >= 15 is 0 Å². The zero-order valence-corrected chi connectivity index (χ0v) is 12.3. The highest BCUT2D eigenvalue weighted by Gasteiger charge is 2.18. The van der Waals surface area contributed by atoms with Crippen LogP contribution >= 0.6 is 11.6 Å². The third-order valence-corrected chi connectivity index (χ3v) is 3.57. The molecule has 0 spiro atoms. The minimum Gasteiger partial charge on any atom is -0.496 e. The Morgan fingerprint density at radius 1 is 1.52 bits per heavy atom. The summed E-state index contributed by atoms with van der Waals surface area (Å²) in [5.74, 6) is 1.02. The maximum Gasteiger partial charge on any atom is 0.259 e. The van der Waals surface area contributed by atoms with Crippen LogP contribution < -0.4 is 15.4 Å². The van der Waals surface area contributed by atoms with Gasteiger partial charge in [-0.25, -0.2) is 4.68 Å². The third-order valence-electron chi connectivity index (χ3n) is 3.33. The van der Waals surface area contributed by atoms with Crippen molar-refractivity contribution in [1.29, 1.82) is 0 Å². The summed E-state index contributed by atoms with van der Waals surface area (Å²) in [6.07, 6.45) is 2.67. The molecule has 1 aliphatic rings. The number of carbonyl (C=O) groups excluding carboxylic acids is 1. The Labute approximate surface area is 127 Å². The van der Waals surface area contributed by atoms with Crippen molar-refractivity contribution >= 4 is 29.0 Å². The molecule has 0 radical (unpaired) electrons. The van der Waals surface area contributed by atoms with E-state index in [2.05, 4.69) is 15.7 Å². The Bertz CT molecular complexity index is 684. The van der Waals surface area contributed by atoms with Crippen molar-refractivity contribution in [3.63, 3.8) is 0 Å². The number of benzene rings is 1. The number of nitrogens with one attached hydrogen (secondary N) is 2. The van der Waals surface area contributed by atoms with Gasteiger partial charge in [0.15, 0.2) is 0 Å². The smallest absolute Gasteiger partial charge is 0.259 e. The van der Waals surface area contributed by atoms with E-state index in [1.54, 1.807) is 24.4 Å². The van der Waals surface area contributed by atoms with Crippen LogP contribution in [0, 0.1) is 0 Å². The SMILES string of the molecule is COc1cc(Cl)ccc1C(=O)Nc1cnn2c1NCCC2. The number of ether oxygens (including phenoxy) is 1. The molecule has 21 heavy (non-hydrogen) atoms. The van der Waals surface area contributed by atoms with Crippen molar-refractivity contribution in [2.24, 2.45) is 0 Å². The lowest BCUT2D eigenvalue weighted by atomic mass is 10.2. The molecule has 1 aliphatic heterocycles. The molecule has 3 rings (SSSR count). The van der Waals surface area contributed by atoms with Crippen molar-refractivity contribution in [3.8, 4) is 5.75 Å². The first-order valence-electron chi connectivity index (χ1n) is 6.63. The fourth-order valence-corrected chi connectivity index (χ4v) is 2.47. The zero-order chi connectivity index (χ0) is 14.8. The van der Waals surface area contributed by atoms with Gasteiger partial charge in [0, 0.05) is 18.1 Å². The Balaban J connectivity index is 1.85. The molecule has 110 valence electrons. The number of methoxy groups -OCH3 is 1. The van der Waals surface area contributed by atoms with Gasteiger partial charge in [-0.2, -0.15) is 5.10 Å². The second-order valence-corrected chi connectivity index (χ2v) is 5.15. The topological polar surface area (TPSA) is 68.2 Å². The minimum absolute atomic E-state index is 0.258. The zero-order valence-electron chi connectivity index (χ0n) is 11.5. The van der Waals surface area contributed by atoms with E-state index in [9.17, 15) is 4.79 Å². The molecule has 0 aliphatic carbocycles. The normalized spacial score (nSPS) is 13.2. The van der Waals surface area contributed by atoms with Crippen LogP contribution in [0.4, 0.5) is 11.5 Å². The lowest BCUT2D eigenvalue weighted by Crippen LogP contribution is -2.20. The summed E-state index contributed by atoms with van der Waals surface area (Å²) in [6.45, 7) is 1.72. The molecule has 0 saturated heterocycles. The van der Waals surface area contributed by atoms with Crippen LogP contribution in [-0.2, 0) is 6.54 Å².